The second-order valence-electron chi connectivity index (χ2n) is 6.04. The molecule has 3 aromatic carbocycles. The number of hydrogen-bond donors (Lipinski definition) is 2. The van der Waals surface area contributed by atoms with Gasteiger partial charge in [0.1, 0.15) is 0 Å². The van der Waals surface area contributed by atoms with Crippen LogP contribution in [-0.2, 0) is 0 Å². The highest BCUT2D eigenvalue weighted by molar-refractivity contribution is 14.1. The van der Waals surface area contributed by atoms with E-state index in [0.29, 0.717) is 34.0 Å². The molecule has 0 aromatic heterocycles. The van der Waals surface area contributed by atoms with Crippen molar-refractivity contribution in [2.24, 2.45) is 0 Å². The highest BCUT2D eigenvalue weighted by atomic mass is 127. The third-order valence-electron chi connectivity index (χ3n) is 4.16. The minimum Gasteiger partial charge on any atom is -0.493 e. The zero-order valence-corrected chi connectivity index (χ0v) is 18.0. The normalized spacial score (nSPS) is 10.2. The predicted octanol–water partition coefficient (Wildman–Crippen LogP) is 4.81. The van der Waals surface area contributed by atoms with E-state index in [2.05, 4.69) is 33.2 Å². The third kappa shape index (κ3) is 5.05. The summed E-state index contributed by atoms with van der Waals surface area (Å²) in [5, 5.41) is 5.67. The van der Waals surface area contributed by atoms with Crippen LogP contribution in [0, 0.1) is 3.57 Å². The number of carbonyl (C=O) groups excluding carboxylic acids is 2. The van der Waals surface area contributed by atoms with E-state index in [-0.39, 0.29) is 11.8 Å². The lowest BCUT2D eigenvalue weighted by molar-refractivity contribution is 0.101. The van der Waals surface area contributed by atoms with Crippen molar-refractivity contribution in [3.8, 4) is 11.5 Å². The largest absolute Gasteiger partial charge is 0.493 e. The molecular weight excluding hydrogens is 483 g/mol. The number of methoxy groups -OCH3 is 2. The Hall–Kier alpha value is -3.07. The SMILES string of the molecule is COc1ccc(C(=O)Nc2ccc(NC(=O)c3ccccc3I)cc2)cc1OC. The average molecular weight is 502 g/mol. The molecule has 7 heteroatoms. The van der Waals surface area contributed by atoms with Crippen molar-refractivity contribution in [3.05, 3.63) is 81.4 Å². The zero-order chi connectivity index (χ0) is 20.8. The van der Waals surface area contributed by atoms with Crippen molar-refractivity contribution < 1.29 is 19.1 Å². The zero-order valence-electron chi connectivity index (χ0n) is 15.9. The van der Waals surface area contributed by atoms with Gasteiger partial charge in [-0.1, -0.05) is 12.1 Å². The Kier molecular flexibility index (Phi) is 6.71. The number of hydrogen-bond acceptors (Lipinski definition) is 4. The van der Waals surface area contributed by atoms with Crippen LogP contribution in [0.1, 0.15) is 20.7 Å². The number of benzene rings is 3. The van der Waals surface area contributed by atoms with Gasteiger partial charge >= 0.3 is 0 Å². The van der Waals surface area contributed by atoms with Crippen LogP contribution in [0.4, 0.5) is 11.4 Å². The molecule has 0 atom stereocenters. The van der Waals surface area contributed by atoms with Crippen LogP contribution in [0.15, 0.2) is 66.7 Å². The van der Waals surface area contributed by atoms with Crippen molar-refractivity contribution in [1.29, 1.82) is 0 Å². The number of rotatable bonds is 6. The van der Waals surface area contributed by atoms with Crippen molar-refractivity contribution in [2.45, 2.75) is 0 Å². The Bertz CT molecular complexity index is 1040. The number of nitrogens with one attached hydrogen (secondary N) is 2. The first-order valence-corrected chi connectivity index (χ1v) is 9.79. The summed E-state index contributed by atoms with van der Waals surface area (Å²) in [5.74, 6) is 0.574. The summed E-state index contributed by atoms with van der Waals surface area (Å²) >= 11 is 2.13. The highest BCUT2D eigenvalue weighted by Gasteiger charge is 2.12. The van der Waals surface area contributed by atoms with E-state index in [1.807, 2.05) is 18.2 Å². The Morgan fingerprint density at radius 3 is 1.93 bits per heavy atom. The van der Waals surface area contributed by atoms with Gasteiger partial charge in [0.25, 0.3) is 11.8 Å². The van der Waals surface area contributed by atoms with E-state index < -0.39 is 0 Å². The van der Waals surface area contributed by atoms with Gasteiger partial charge in [0.05, 0.1) is 19.8 Å². The molecular formula is C22H19IN2O4. The molecule has 0 saturated carbocycles. The third-order valence-corrected chi connectivity index (χ3v) is 5.11. The van der Waals surface area contributed by atoms with E-state index in [0.717, 1.165) is 3.57 Å². The number of ether oxygens (including phenoxy) is 2. The molecule has 3 rings (SSSR count). The minimum absolute atomic E-state index is 0.183. The first kappa shape index (κ1) is 20.7. The molecule has 0 saturated heterocycles. The molecule has 6 nitrogen and oxygen atoms in total. The summed E-state index contributed by atoms with van der Waals surface area (Å²) in [6.45, 7) is 0. The summed E-state index contributed by atoms with van der Waals surface area (Å²) in [7, 11) is 3.06. The molecule has 0 aliphatic carbocycles. The Labute approximate surface area is 182 Å². The van der Waals surface area contributed by atoms with Crippen LogP contribution in [0.5, 0.6) is 11.5 Å². The van der Waals surface area contributed by atoms with Crippen molar-refractivity contribution >= 4 is 45.8 Å². The maximum Gasteiger partial charge on any atom is 0.256 e. The van der Waals surface area contributed by atoms with E-state index >= 15 is 0 Å². The summed E-state index contributed by atoms with van der Waals surface area (Å²) in [6.07, 6.45) is 0. The fraction of sp³-hybridized carbons (Fsp3) is 0.0909. The summed E-state index contributed by atoms with van der Waals surface area (Å²) in [5.41, 5.74) is 2.30. The summed E-state index contributed by atoms with van der Waals surface area (Å²) in [6, 6.07) is 19.2. The van der Waals surface area contributed by atoms with Gasteiger partial charge in [-0.05, 0) is 77.2 Å². The molecule has 0 spiro atoms. The molecule has 2 N–H and O–H groups in total. The van der Waals surface area contributed by atoms with Gasteiger partial charge in [-0.3, -0.25) is 9.59 Å². The van der Waals surface area contributed by atoms with E-state index in [4.69, 9.17) is 9.47 Å². The molecule has 0 aliphatic rings. The fourth-order valence-corrected chi connectivity index (χ4v) is 3.29. The smallest absolute Gasteiger partial charge is 0.256 e. The quantitative estimate of drug-likeness (QED) is 0.475. The van der Waals surface area contributed by atoms with Gasteiger partial charge in [0.2, 0.25) is 0 Å². The van der Waals surface area contributed by atoms with Crippen LogP contribution < -0.4 is 20.1 Å². The van der Waals surface area contributed by atoms with Crippen molar-refractivity contribution in [3.63, 3.8) is 0 Å². The maximum atomic E-state index is 12.5. The van der Waals surface area contributed by atoms with Gasteiger partial charge < -0.3 is 20.1 Å². The predicted molar refractivity (Wildman–Crippen MR) is 121 cm³/mol. The van der Waals surface area contributed by atoms with E-state index in [9.17, 15) is 9.59 Å². The lowest BCUT2D eigenvalue weighted by Crippen LogP contribution is -2.14. The summed E-state index contributed by atoms with van der Waals surface area (Å²) in [4.78, 5) is 24.9. The molecule has 0 radical (unpaired) electrons. The number of halogens is 1. The lowest BCUT2D eigenvalue weighted by atomic mass is 10.1. The van der Waals surface area contributed by atoms with E-state index in [1.165, 1.54) is 14.2 Å². The van der Waals surface area contributed by atoms with Crippen molar-refractivity contribution in [2.75, 3.05) is 24.9 Å². The first-order valence-electron chi connectivity index (χ1n) is 8.71. The molecule has 3 aromatic rings. The maximum absolute atomic E-state index is 12.5. The van der Waals surface area contributed by atoms with Crippen LogP contribution in [0.25, 0.3) is 0 Å². The van der Waals surface area contributed by atoms with E-state index in [1.54, 1.807) is 48.5 Å². The molecule has 148 valence electrons. The molecule has 29 heavy (non-hydrogen) atoms. The van der Waals surface area contributed by atoms with Crippen LogP contribution in [-0.4, -0.2) is 26.0 Å². The van der Waals surface area contributed by atoms with Crippen LogP contribution in [0.2, 0.25) is 0 Å². The summed E-state index contributed by atoms with van der Waals surface area (Å²) < 4.78 is 11.3. The standard InChI is InChI=1S/C22H19IN2O4/c1-28-19-12-7-14(13-20(19)29-2)21(26)24-15-8-10-16(11-9-15)25-22(27)17-5-3-4-6-18(17)23/h3-13H,1-2H3,(H,24,26)(H,25,27). The number of amides is 2. The highest BCUT2D eigenvalue weighted by Crippen LogP contribution is 2.28. The second kappa shape index (κ2) is 9.42. The Balaban J connectivity index is 1.67. The monoisotopic (exact) mass is 502 g/mol. The average Bonchev–Trinajstić information content (AvgIpc) is 2.74. The first-order chi connectivity index (χ1) is 14.0. The molecule has 2 amide bonds. The number of anilines is 2. The van der Waals surface area contributed by atoms with Crippen LogP contribution in [0.3, 0.4) is 0 Å². The molecule has 0 fully saturated rings. The van der Waals surface area contributed by atoms with Gasteiger partial charge in [-0.15, -0.1) is 0 Å². The molecule has 0 heterocycles. The Morgan fingerprint density at radius 1 is 0.759 bits per heavy atom. The van der Waals surface area contributed by atoms with Crippen LogP contribution >= 0.6 is 22.6 Å². The topological polar surface area (TPSA) is 76.7 Å². The second-order valence-corrected chi connectivity index (χ2v) is 7.20. The molecule has 0 bridgehead atoms. The Morgan fingerprint density at radius 2 is 1.34 bits per heavy atom. The fourth-order valence-electron chi connectivity index (χ4n) is 2.66. The molecule has 0 aliphatic heterocycles. The van der Waals surface area contributed by atoms with Crippen molar-refractivity contribution in [1.82, 2.24) is 0 Å². The van der Waals surface area contributed by atoms with Gasteiger partial charge in [-0.2, -0.15) is 0 Å². The lowest BCUT2D eigenvalue weighted by Gasteiger charge is -2.11. The van der Waals surface area contributed by atoms with Gasteiger partial charge in [0, 0.05) is 20.5 Å². The number of carbonyl (C=O) groups is 2. The van der Waals surface area contributed by atoms with Gasteiger partial charge in [-0.25, -0.2) is 0 Å². The van der Waals surface area contributed by atoms with Gasteiger partial charge in [0.15, 0.2) is 11.5 Å². The molecule has 0 unspecified atom stereocenters. The minimum atomic E-state index is -0.276.